The molecule has 1 aromatic heterocycles. The summed E-state index contributed by atoms with van der Waals surface area (Å²) in [5.74, 6) is -2.01. The molecule has 3 rings (SSSR count). The predicted octanol–water partition coefficient (Wildman–Crippen LogP) is 2.93. The van der Waals surface area contributed by atoms with Crippen molar-refractivity contribution in [3.05, 3.63) is 52.3 Å². The molecular formula is C19H22N4O5. The third kappa shape index (κ3) is 4.36. The molecule has 1 aromatic carbocycles. The second-order valence-corrected chi connectivity index (χ2v) is 6.91. The first-order valence-corrected chi connectivity index (χ1v) is 9.30. The van der Waals surface area contributed by atoms with Gasteiger partial charge in [-0.15, -0.1) is 0 Å². The van der Waals surface area contributed by atoms with Crippen LogP contribution in [0.2, 0.25) is 0 Å². The molecule has 2 N–H and O–H groups in total. The number of nitrogens with one attached hydrogen (secondary N) is 1. The molecule has 0 spiro atoms. The fraction of sp³-hybridized carbons (Fsp3) is 0.421. The normalized spacial score (nSPS) is 20.0. The van der Waals surface area contributed by atoms with Gasteiger partial charge >= 0.3 is 5.97 Å². The van der Waals surface area contributed by atoms with Gasteiger partial charge in [-0.3, -0.25) is 19.7 Å². The Bertz CT molecular complexity index is 879. The van der Waals surface area contributed by atoms with E-state index in [1.54, 1.807) is 18.2 Å². The van der Waals surface area contributed by atoms with Crippen LogP contribution in [0.1, 0.15) is 49.0 Å². The number of carbonyl (C=O) groups is 2. The van der Waals surface area contributed by atoms with Gasteiger partial charge in [-0.05, 0) is 25.0 Å². The number of para-hydroxylation sites is 2. The molecule has 1 aliphatic carbocycles. The molecule has 1 fully saturated rings. The van der Waals surface area contributed by atoms with Gasteiger partial charge in [-0.25, -0.2) is 4.68 Å². The van der Waals surface area contributed by atoms with E-state index in [1.807, 2.05) is 0 Å². The number of aliphatic carboxylic acids is 1. The smallest absolute Gasteiger partial charge is 0.308 e. The van der Waals surface area contributed by atoms with Gasteiger partial charge in [0, 0.05) is 18.3 Å². The Labute approximate surface area is 161 Å². The van der Waals surface area contributed by atoms with Crippen molar-refractivity contribution in [1.82, 2.24) is 15.1 Å². The molecule has 2 aromatic rings. The molecular weight excluding hydrogens is 364 g/mol. The quantitative estimate of drug-likeness (QED) is 0.601. The van der Waals surface area contributed by atoms with Crippen LogP contribution in [-0.4, -0.2) is 37.7 Å². The average molecular weight is 386 g/mol. The van der Waals surface area contributed by atoms with Crippen molar-refractivity contribution in [2.24, 2.45) is 5.92 Å². The molecule has 28 heavy (non-hydrogen) atoms. The highest BCUT2D eigenvalue weighted by Gasteiger charge is 2.30. The van der Waals surface area contributed by atoms with Gasteiger partial charge in [-0.1, -0.05) is 37.8 Å². The van der Waals surface area contributed by atoms with E-state index in [0.717, 1.165) is 25.7 Å². The lowest BCUT2D eigenvalue weighted by molar-refractivity contribution is -0.384. The van der Waals surface area contributed by atoms with E-state index < -0.39 is 28.8 Å². The first-order valence-electron chi connectivity index (χ1n) is 9.30. The molecule has 1 aliphatic rings. The molecule has 1 amide bonds. The maximum atomic E-state index is 12.6. The van der Waals surface area contributed by atoms with E-state index in [0.29, 0.717) is 12.8 Å². The molecule has 2 atom stereocenters. The topological polar surface area (TPSA) is 127 Å². The number of carboxylic acid groups (broad SMARTS) is 1. The van der Waals surface area contributed by atoms with Crippen molar-refractivity contribution < 1.29 is 19.6 Å². The van der Waals surface area contributed by atoms with Crippen LogP contribution < -0.4 is 5.32 Å². The number of aromatic nitrogens is 2. The first kappa shape index (κ1) is 19.5. The maximum Gasteiger partial charge on any atom is 0.308 e. The van der Waals surface area contributed by atoms with E-state index in [9.17, 15) is 24.8 Å². The Morgan fingerprint density at radius 2 is 1.86 bits per heavy atom. The summed E-state index contributed by atoms with van der Waals surface area (Å²) < 4.78 is 1.28. The van der Waals surface area contributed by atoms with Gasteiger partial charge < -0.3 is 10.4 Å². The minimum absolute atomic E-state index is 0.0874. The first-order chi connectivity index (χ1) is 13.5. The number of nitrogens with zero attached hydrogens (tertiary/aromatic N) is 3. The minimum Gasteiger partial charge on any atom is -0.481 e. The standard InChI is InChI=1S/C19H22N4O5/c24-18(20-14-8-4-2-1-3-7-13(14)19(25)26)15-11-12-22(21-15)16-9-5-6-10-17(16)23(27)28/h5-6,9-14H,1-4,7-8H2,(H,20,24)(H,25,26). The molecule has 0 radical (unpaired) electrons. The summed E-state index contributed by atoms with van der Waals surface area (Å²) in [6.07, 6.45) is 6.33. The van der Waals surface area contributed by atoms with Crippen LogP contribution in [0.5, 0.6) is 0 Å². The van der Waals surface area contributed by atoms with Gasteiger partial charge in [0.25, 0.3) is 11.6 Å². The van der Waals surface area contributed by atoms with Gasteiger partial charge in [0.05, 0.1) is 10.8 Å². The number of nitro benzene ring substituents is 1. The highest BCUT2D eigenvalue weighted by Crippen LogP contribution is 2.24. The Morgan fingerprint density at radius 1 is 1.14 bits per heavy atom. The van der Waals surface area contributed by atoms with E-state index in [1.165, 1.54) is 23.0 Å². The van der Waals surface area contributed by atoms with E-state index in [4.69, 9.17) is 0 Å². The summed E-state index contributed by atoms with van der Waals surface area (Å²) in [6.45, 7) is 0. The van der Waals surface area contributed by atoms with Gasteiger partial charge in [0.2, 0.25) is 0 Å². The van der Waals surface area contributed by atoms with E-state index >= 15 is 0 Å². The highest BCUT2D eigenvalue weighted by molar-refractivity contribution is 5.92. The van der Waals surface area contributed by atoms with Crippen molar-refractivity contribution in [3.8, 4) is 5.69 Å². The lowest BCUT2D eigenvalue weighted by atomic mass is 9.86. The van der Waals surface area contributed by atoms with Crippen molar-refractivity contribution in [2.45, 2.75) is 44.6 Å². The SMILES string of the molecule is O=C(NC1CCCCCCC1C(=O)O)c1ccn(-c2ccccc2[N+](=O)[O-])n1. The van der Waals surface area contributed by atoms with E-state index in [2.05, 4.69) is 10.4 Å². The number of rotatable bonds is 5. The number of nitro groups is 1. The molecule has 2 unspecified atom stereocenters. The zero-order chi connectivity index (χ0) is 20.1. The molecule has 9 nitrogen and oxygen atoms in total. The lowest BCUT2D eigenvalue weighted by Gasteiger charge is -2.26. The summed E-state index contributed by atoms with van der Waals surface area (Å²) in [7, 11) is 0. The molecule has 9 heteroatoms. The summed E-state index contributed by atoms with van der Waals surface area (Å²) in [6, 6.07) is 7.12. The monoisotopic (exact) mass is 386 g/mol. The van der Waals surface area contributed by atoms with Crippen molar-refractivity contribution in [2.75, 3.05) is 0 Å². The number of hydrogen-bond donors (Lipinski definition) is 2. The number of benzene rings is 1. The molecule has 148 valence electrons. The van der Waals surface area contributed by atoms with Crippen LogP contribution in [-0.2, 0) is 4.79 Å². The fourth-order valence-corrected chi connectivity index (χ4v) is 3.59. The molecule has 0 bridgehead atoms. The summed E-state index contributed by atoms with van der Waals surface area (Å²) >= 11 is 0. The van der Waals surface area contributed by atoms with Crippen LogP contribution in [0, 0.1) is 16.0 Å². The van der Waals surface area contributed by atoms with Crippen molar-refractivity contribution in [1.29, 1.82) is 0 Å². The molecule has 0 aliphatic heterocycles. The predicted molar refractivity (Wildman–Crippen MR) is 100 cm³/mol. The van der Waals surface area contributed by atoms with Crippen LogP contribution in [0.4, 0.5) is 5.69 Å². The Morgan fingerprint density at radius 3 is 2.57 bits per heavy atom. The Balaban J connectivity index is 1.78. The van der Waals surface area contributed by atoms with Gasteiger partial charge in [0.1, 0.15) is 5.69 Å². The number of hydrogen-bond acceptors (Lipinski definition) is 5. The number of amides is 1. The summed E-state index contributed by atoms with van der Waals surface area (Å²) in [4.78, 5) is 34.9. The molecule has 1 saturated carbocycles. The van der Waals surface area contributed by atoms with Crippen LogP contribution in [0.25, 0.3) is 5.69 Å². The van der Waals surface area contributed by atoms with Gasteiger partial charge in [-0.2, -0.15) is 5.10 Å². The van der Waals surface area contributed by atoms with Crippen molar-refractivity contribution >= 4 is 17.6 Å². The highest BCUT2D eigenvalue weighted by atomic mass is 16.6. The third-order valence-electron chi connectivity index (χ3n) is 5.05. The zero-order valence-electron chi connectivity index (χ0n) is 15.3. The van der Waals surface area contributed by atoms with Crippen molar-refractivity contribution in [3.63, 3.8) is 0 Å². The third-order valence-corrected chi connectivity index (χ3v) is 5.05. The van der Waals surface area contributed by atoms with E-state index in [-0.39, 0.29) is 17.1 Å². The summed E-state index contributed by atoms with van der Waals surface area (Å²) in [5.41, 5.74) is 0.216. The zero-order valence-corrected chi connectivity index (χ0v) is 15.3. The van der Waals surface area contributed by atoms with Crippen LogP contribution >= 0.6 is 0 Å². The second kappa shape index (κ2) is 8.64. The summed E-state index contributed by atoms with van der Waals surface area (Å²) in [5, 5.41) is 27.7. The van der Waals surface area contributed by atoms with Gasteiger partial charge in [0.15, 0.2) is 5.69 Å². The lowest BCUT2D eigenvalue weighted by Crippen LogP contribution is -2.44. The number of carboxylic acids is 1. The number of carbonyl (C=O) groups excluding carboxylic acids is 1. The second-order valence-electron chi connectivity index (χ2n) is 6.91. The Kier molecular flexibility index (Phi) is 6.03. The van der Waals surface area contributed by atoms with Crippen LogP contribution in [0.3, 0.4) is 0 Å². The molecule has 0 saturated heterocycles. The largest absolute Gasteiger partial charge is 0.481 e. The average Bonchev–Trinajstić information content (AvgIpc) is 3.13. The fourth-order valence-electron chi connectivity index (χ4n) is 3.59. The minimum atomic E-state index is -0.905. The molecule has 1 heterocycles. The Hall–Kier alpha value is -3.23. The van der Waals surface area contributed by atoms with Crippen LogP contribution in [0.15, 0.2) is 36.5 Å². The maximum absolute atomic E-state index is 12.6.